The minimum Gasteiger partial charge on any atom is -0.327 e. The van der Waals surface area contributed by atoms with E-state index < -0.39 is 0 Å². The van der Waals surface area contributed by atoms with Crippen molar-refractivity contribution in [1.82, 2.24) is 35.7 Å². The van der Waals surface area contributed by atoms with Crippen LogP contribution in [0.3, 0.4) is 0 Å². The van der Waals surface area contributed by atoms with Crippen LogP contribution in [0.2, 0.25) is 0 Å². The van der Waals surface area contributed by atoms with Crippen LogP contribution in [0.5, 0.6) is 0 Å². The largest absolute Gasteiger partial charge is 0.327 e. The number of rotatable bonds is 6. The van der Waals surface area contributed by atoms with E-state index in [2.05, 4.69) is 55.6 Å². The number of hydrogen-bond donors (Lipinski definition) is 2. The van der Waals surface area contributed by atoms with Crippen molar-refractivity contribution in [2.45, 2.75) is 38.9 Å². The lowest BCUT2D eigenvalue weighted by atomic mass is 9.91. The van der Waals surface area contributed by atoms with Crippen molar-refractivity contribution in [2.75, 3.05) is 6.54 Å². The number of nitrogens with zero attached hydrogens (tertiary/aromatic N) is 6. The van der Waals surface area contributed by atoms with E-state index >= 15 is 4.39 Å². The summed E-state index contributed by atoms with van der Waals surface area (Å²) in [5, 5.41) is 22.5. The Balaban J connectivity index is 1.59. The van der Waals surface area contributed by atoms with E-state index in [9.17, 15) is 0 Å². The molecule has 1 aliphatic carbocycles. The number of aromatic nitrogens is 6. The normalized spacial score (nSPS) is 25.6. The van der Waals surface area contributed by atoms with E-state index in [1.54, 1.807) is 12.3 Å². The van der Waals surface area contributed by atoms with Crippen LogP contribution in [0.25, 0.3) is 11.4 Å². The quantitative estimate of drug-likeness (QED) is 0.643. The number of H-pyrrole nitrogens is 1. The topological polar surface area (TPSA) is 110 Å². The van der Waals surface area contributed by atoms with E-state index in [1.807, 2.05) is 12.1 Å². The maximum absolute atomic E-state index is 15.4. The number of hydrogen-bond acceptors (Lipinski definition) is 7. The molecule has 0 bridgehead atoms. The van der Waals surface area contributed by atoms with Crippen molar-refractivity contribution in [3.63, 3.8) is 0 Å². The number of piperidine rings is 1. The molecule has 1 saturated heterocycles. The lowest BCUT2D eigenvalue weighted by Gasteiger charge is -2.30. The van der Waals surface area contributed by atoms with Crippen molar-refractivity contribution in [2.24, 2.45) is 23.5 Å². The van der Waals surface area contributed by atoms with Gasteiger partial charge >= 0.3 is 0 Å². The molecule has 1 saturated carbocycles. The molecule has 156 valence electrons. The average molecular weight is 408 g/mol. The molecule has 2 aromatic heterocycles. The number of likely N-dealkylation sites (tertiary alicyclic amines) is 1. The van der Waals surface area contributed by atoms with Gasteiger partial charge in [0.15, 0.2) is 0 Å². The number of fused-ring (bicyclic) bond motifs is 1. The number of tetrazole rings is 1. The molecule has 4 unspecified atom stereocenters. The molecule has 9 heteroatoms. The Morgan fingerprint density at radius 3 is 2.87 bits per heavy atom. The van der Waals surface area contributed by atoms with Gasteiger partial charge in [-0.1, -0.05) is 19.9 Å². The van der Waals surface area contributed by atoms with Crippen LogP contribution in [-0.4, -0.2) is 48.3 Å². The number of nitrogens with one attached hydrogen (secondary N) is 1. The van der Waals surface area contributed by atoms with Crippen LogP contribution < -0.4 is 5.73 Å². The average Bonchev–Trinajstić information content (AvgIpc) is 3.10. The molecule has 3 heterocycles. The lowest BCUT2D eigenvalue weighted by molar-refractivity contribution is 0.204. The maximum atomic E-state index is 15.4. The molecule has 1 aromatic carbocycles. The molecule has 1 aliphatic heterocycles. The van der Waals surface area contributed by atoms with Crippen molar-refractivity contribution >= 4 is 0 Å². The van der Waals surface area contributed by atoms with Crippen molar-refractivity contribution < 1.29 is 4.39 Å². The van der Waals surface area contributed by atoms with Gasteiger partial charge in [-0.2, -0.15) is 15.4 Å². The summed E-state index contributed by atoms with van der Waals surface area (Å²) in [5.74, 6) is 1.06. The minimum atomic E-state index is -0.318. The molecular weight excluding hydrogens is 383 g/mol. The van der Waals surface area contributed by atoms with Crippen LogP contribution >= 0.6 is 0 Å². The Bertz CT molecular complexity index is 1020. The van der Waals surface area contributed by atoms with Crippen molar-refractivity contribution in [3.8, 4) is 11.4 Å². The minimum absolute atomic E-state index is 0.0258. The predicted octanol–water partition coefficient (Wildman–Crippen LogP) is 2.12. The van der Waals surface area contributed by atoms with E-state index in [0.717, 1.165) is 29.8 Å². The molecule has 0 radical (unpaired) electrons. The highest BCUT2D eigenvalue weighted by atomic mass is 19.1. The number of nitrogens with two attached hydrogens (primary N) is 1. The highest BCUT2D eigenvalue weighted by Crippen LogP contribution is 2.57. The third-order valence-corrected chi connectivity index (χ3v) is 6.20. The van der Waals surface area contributed by atoms with Crippen LogP contribution in [0.15, 0.2) is 30.5 Å². The molecule has 30 heavy (non-hydrogen) atoms. The zero-order valence-corrected chi connectivity index (χ0v) is 17.0. The van der Waals surface area contributed by atoms with E-state index in [4.69, 9.17) is 5.73 Å². The summed E-state index contributed by atoms with van der Waals surface area (Å²) in [5.41, 5.74) is 9.54. The zero-order chi connectivity index (χ0) is 20.8. The molecule has 5 rings (SSSR count). The molecule has 0 amide bonds. The molecule has 0 spiro atoms. The maximum Gasteiger partial charge on any atom is 0.207 e. The van der Waals surface area contributed by atoms with Crippen molar-refractivity contribution in [1.29, 1.82) is 0 Å². The van der Waals surface area contributed by atoms with Crippen LogP contribution in [0.4, 0.5) is 4.39 Å². The summed E-state index contributed by atoms with van der Waals surface area (Å²) in [4.78, 5) is 2.33. The molecule has 3 N–H and O–H groups in total. The Kier molecular flexibility index (Phi) is 4.79. The van der Waals surface area contributed by atoms with Gasteiger partial charge in [0.2, 0.25) is 5.82 Å². The first-order valence-electron chi connectivity index (χ1n) is 10.3. The van der Waals surface area contributed by atoms with E-state index in [1.165, 1.54) is 0 Å². The predicted molar refractivity (Wildman–Crippen MR) is 108 cm³/mol. The van der Waals surface area contributed by atoms with Gasteiger partial charge in [-0.15, -0.1) is 10.2 Å². The molecule has 8 nitrogen and oxygen atoms in total. The fourth-order valence-electron chi connectivity index (χ4n) is 4.95. The fourth-order valence-corrected chi connectivity index (χ4v) is 4.95. The standard InChI is InChI=1S/C21H25FN8/c1-11(2)6-12-7-14(17(16(22)8-12)21-26-28-29-27-21)20-18-15(19(18)23)10-30(20)9-13-4-3-5-24-25-13/h3-5,7-8,11,15,18-20H,6,9-10,23H2,1-2H3,(H,26,27,28,29). The third kappa shape index (κ3) is 3.37. The molecule has 4 atom stereocenters. The molecule has 2 fully saturated rings. The number of halogens is 1. The third-order valence-electron chi connectivity index (χ3n) is 6.20. The van der Waals surface area contributed by atoms with Gasteiger partial charge in [0.25, 0.3) is 0 Å². The first-order valence-corrected chi connectivity index (χ1v) is 10.3. The highest BCUT2D eigenvalue weighted by Gasteiger charge is 2.60. The Hall–Kier alpha value is -2.78. The van der Waals surface area contributed by atoms with Gasteiger partial charge in [-0.25, -0.2) is 4.39 Å². The second-order valence-electron chi connectivity index (χ2n) is 8.78. The molecule has 3 aromatic rings. The number of benzene rings is 1. The first kappa shape index (κ1) is 19.2. The Morgan fingerprint density at radius 1 is 1.30 bits per heavy atom. The smallest absolute Gasteiger partial charge is 0.207 e. The van der Waals surface area contributed by atoms with E-state index in [0.29, 0.717) is 23.9 Å². The van der Waals surface area contributed by atoms with Gasteiger partial charge in [0.1, 0.15) is 5.82 Å². The molecular formula is C21H25FN8. The first-order chi connectivity index (χ1) is 14.5. The Morgan fingerprint density at radius 2 is 2.17 bits per heavy atom. The van der Waals surface area contributed by atoms with Crippen LogP contribution in [0, 0.1) is 23.6 Å². The summed E-state index contributed by atoms with van der Waals surface area (Å²) in [6, 6.07) is 7.65. The zero-order valence-electron chi connectivity index (χ0n) is 17.0. The van der Waals surface area contributed by atoms with E-state index in [-0.39, 0.29) is 29.6 Å². The van der Waals surface area contributed by atoms with Crippen LogP contribution in [-0.2, 0) is 13.0 Å². The summed E-state index contributed by atoms with van der Waals surface area (Å²) >= 11 is 0. The fraction of sp³-hybridized carbons (Fsp3) is 0.476. The summed E-state index contributed by atoms with van der Waals surface area (Å²) in [6.45, 7) is 5.76. The summed E-state index contributed by atoms with van der Waals surface area (Å²) in [7, 11) is 0. The molecule has 2 aliphatic rings. The van der Waals surface area contributed by atoms with Crippen molar-refractivity contribution in [3.05, 3.63) is 53.1 Å². The lowest BCUT2D eigenvalue weighted by Crippen LogP contribution is -2.32. The van der Waals surface area contributed by atoms with Gasteiger partial charge in [0.05, 0.1) is 11.3 Å². The van der Waals surface area contributed by atoms with Gasteiger partial charge in [0, 0.05) is 31.4 Å². The SMILES string of the molecule is CC(C)Cc1cc(F)c(-c2nn[nH]n2)c(C2C3C(N)C3CN2Cc2cccnn2)c1. The summed E-state index contributed by atoms with van der Waals surface area (Å²) in [6.07, 6.45) is 2.46. The monoisotopic (exact) mass is 408 g/mol. The highest BCUT2D eigenvalue weighted by molar-refractivity contribution is 5.63. The second-order valence-corrected chi connectivity index (χ2v) is 8.78. The van der Waals surface area contributed by atoms with Gasteiger partial charge in [-0.3, -0.25) is 4.90 Å². The Labute approximate surface area is 174 Å². The second kappa shape index (κ2) is 7.48. The summed E-state index contributed by atoms with van der Waals surface area (Å²) < 4.78 is 15.4. The van der Waals surface area contributed by atoms with Crippen LogP contribution in [0.1, 0.15) is 36.7 Å². The number of aromatic amines is 1. The van der Waals surface area contributed by atoms with Gasteiger partial charge < -0.3 is 5.73 Å². The van der Waals surface area contributed by atoms with Gasteiger partial charge in [-0.05, 0) is 58.7 Å².